The molecule has 3 nitrogen and oxygen atoms in total. The minimum absolute atomic E-state index is 0. The molecule has 3 rings (SSSR count). The second-order valence-electron chi connectivity index (χ2n) is 6.29. The molecule has 0 aliphatic heterocycles. The first kappa shape index (κ1) is 23.8. The van der Waals surface area contributed by atoms with Crippen LogP contribution in [0.15, 0.2) is 70.6 Å². The van der Waals surface area contributed by atoms with E-state index in [0.29, 0.717) is 0 Å². The summed E-state index contributed by atoms with van der Waals surface area (Å²) in [6, 6.07) is 23.1. The van der Waals surface area contributed by atoms with Gasteiger partial charge in [-0.15, -0.1) is 6.07 Å². The summed E-state index contributed by atoms with van der Waals surface area (Å²) in [4.78, 5) is 14.1. The molecule has 5 heteroatoms. The van der Waals surface area contributed by atoms with Gasteiger partial charge in [-0.2, -0.15) is 12.1 Å². The zero-order chi connectivity index (χ0) is 18.5. The second-order valence-corrected chi connectivity index (χ2v) is 6.29. The van der Waals surface area contributed by atoms with Gasteiger partial charge in [-0.1, -0.05) is 43.3 Å². The number of hydrogen-bond acceptors (Lipinski definition) is 3. The fraction of sp³-hybridized carbons (Fsp3) is 0.174. The predicted octanol–water partition coefficient (Wildman–Crippen LogP) is 2.78. The Hall–Kier alpha value is -2.26. The number of aryl methyl sites for hydroxylation is 2. The number of rotatable bonds is 4. The van der Waals surface area contributed by atoms with E-state index in [0.717, 1.165) is 45.3 Å². The summed E-state index contributed by atoms with van der Waals surface area (Å²) in [7, 11) is 0. The van der Waals surface area contributed by atoms with Crippen molar-refractivity contribution in [3.63, 3.8) is 0 Å². The Morgan fingerprint density at radius 1 is 0.786 bits per heavy atom. The van der Waals surface area contributed by atoms with Crippen molar-refractivity contribution in [3.05, 3.63) is 89.2 Å². The van der Waals surface area contributed by atoms with E-state index in [2.05, 4.69) is 32.0 Å². The van der Waals surface area contributed by atoms with Crippen LogP contribution < -0.4 is 12.4 Å². The molecule has 0 fully saturated rings. The van der Waals surface area contributed by atoms with Gasteiger partial charge < -0.3 is 17.4 Å². The molecule has 0 saturated heterocycles. The van der Waals surface area contributed by atoms with Crippen LogP contribution in [0.1, 0.15) is 36.4 Å². The van der Waals surface area contributed by atoms with Crippen molar-refractivity contribution in [1.82, 2.24) is 4.98 Å². The number of nitrogens with zero attached hydrogens (tertiary/aromatic N) is 3. The minimum Gasteiger partial charge on any atom is -1.00 e. The van der Waals surface area contributed by atoms with Crippen molar-refractivity contribution >= 4 is 22.8 Å². The summed E-state index contributed by atoms with van der Waals surface area (Å²) in [6.45, 7) is 8.05. The van der Waals surface area contributed by atoms with Crippen LogP contribution >= 0.6 is 0 Å². The van der Waals surface area contributed by atoms with Crippen LogP contribution in [0.25, 0.3) is 0 Å². The number of aromatic nitrogens is 1. The number of para-hydroxylation sites is 2. The van der Waals surface area contributed by atoms with Gasteiger partial charge >= 0.3 is 17.1 Å². The molecule has 28 heavy (non-hydrogen) atoms. The third-order valence-electron chi connectivity index (χ3n) is 4.21. The summed E-state index contributed by atoms with van der Waals surface area (Å²) in [6.07, 6.45) is 0. The van der Waals surface area contributed by atoms with E-state index in [9.17, 15) is 0 Å². The van der Waals surface area contributed by atoms with Crippen molar-refractivity contribution in [1.29, 1.82) is 0 Å². The van der Waals surface area contributed by atoms with Crippen LogP contribution in [0.4, 0.5) is 11.4 Å². The molecule has 0 saturated carbocycles. The van der Waals surface area contributed by atoms with Gasteiger partial charge in [-0.3, -0.25) is 9.98 Å². The van der Waals surface area contributed by atoms with Crippen LogP contribution in [0.5, 0.6) is 0 Å². The molecule has 0 aliphatic carbocycles. The monoisotopic (exact) mass is 431 g/mol. The maximum Gasteiger partial charge on any atom is 2.00 e. The first-order valence-corrected chi connectivity index (χ1v) is 8.66. The number of hydrogen-bond donors (Lipinski definition) is 0. The molecule has 0 atom stereocenters. The standard InChI is InChI=1S/C23H22N3.ClH.Fe/c1-16-10-5-7-12-20(16)24-18(3)22-14-9-15-23(26-22)19(4)25-21-13-8-6-11-17(21)2;;/h5-14H,1-4H3;1H;/q-1;;+2/p-1. The van der Waals surface area contributed by atoms with Gasteiger partial charge in [0, 0.05) is 5.69 Å². The van der Waals surface area contributed by atoms with Gasteiger partial charge in [-0.25, -0.2) is 0 Å². The van der Waals surface area contributed by atoms with E-state index in [4.69, 9.17) is 15.0 Å². The van der Waals surface area contributed by atoms with Gasteiger partial charge in [0.15, 0.2) is 0 Å². The predicted molar refractivity (Wildman–Crippen MR) is 109 cm³/mol. The average Bonchev–Trinajstić information content (AvgIpc) is 2.65. The van der Waals surface area contributed by atoms with E-state index < -0.39 is 0 Å². The Morgan fingerprint density at radius 2 is 1.29 bits per heavy atom. The first-order chi connectivity index (χ1) is 12.5. The van der Waals surface area contributed by atoms with E-state index in [1.54, 1.807) is 0 Å². The van der Waals surface area contributed by atoms with Crippen molar-refractivity contribution in [2.24, 2.45) is 9.98 Å². The first-order valence-electron chi connectivity index (χ1n) is 8.66. The van der Waals surface area contributed by atoms with Gasteiger partial charge in [0.1, 0.15) is 0 Å². The summed E-state index contributed by atoms with van der Waals surface area (Å²) in [5, 5.41) is 0. The van der Waals surface area contributed by atoms with Crippen molar-refractivity contribution in [2.45, 2.75) is 27.7 Å². The summed E-state index contributed by atoms with van der Waals surface area (Å²) in [5.74, 6) is 0. The van der Waals surface area contributed by atoms with E-state index in [-0.39, 0.29) is 29.5 Å². The summed E-state index contributed by atoms with van der Waals surface area (Å²) < 4.78 is 0. The SMILES string of the molecule is CC(=Nc1ccccc1C)c1[c-]ccc(C(C)=Nc2ccccc2C)n1.[Cl-].[Fe+2]. The zero-order valence-corrected chi connectivity index (χ0v) is 18.2. The smallest absolute Gasteiger partial charge is 1.00 e. The zero-order valence-electron chi connectivity index (χ0n) is 16.3. The molecule has 1 heterocycles. The number of aliphatic imine (C=N–C) groups is 2. The normalized spacial score (nSPS) is 11.4. The molecule has 0 N–H and O–H groups in total. The number of benzene rings is 2. The van der Waals surface area contributed by atoms with Crippen LogP contribution in [-0.4, -0.2) is 16.4 Å². The van der Waals surface area contributed by atoms with Gasteiger partial charge in [-0.05, 0) is 55.4 Å². The molecule has 0 unspecified atom stereocenters. The van der Waals surface area contributed by atoms with E-state index >= 15 is 0 Å². The molecule has 144 valence electrons. The van der Waals surface area contributed by atoms with Gasteiger partial charge in [0.05, 0.1) is 17.1 Å². The third kappa shape index (κ3) is 5.87. The maximum atomic E-state index is 4.73. The fourth-order valence-electron chi connectivity index (χ4n) is 2.63. The molecule has 0 radical (unpaired) electrons. The molecule has 0 bridgehead atoms. The van der Waals surface area contributed by atoms with E-state index in [1.165, 1.54) is 0 Å². The fourth-order valence-corrected chi connectivity index (χ4v) is 2.63. The molecule has 1 aromatic heterocycles. The average molecular weight is 432 g/mol. The van der Waals surface area contributed by atoms with Crippen LogP contribution in [0.3, 0.4) is 0 Å². The Kier molecular flexibility index (Phi) is 9.27. The quantitative estimate of drug-likeness (QED) is 0.356. The van der Waals surface area contributed by atoms with Crippen molar-refractivity contribution in [3.8, 4) is 0 Å². The largest absolute Gasteiger partial charge is 2.00 e. The third-order valence-corrected chi connectivity index (χ3v) is 4.21. The number of pyridine rings is 1. The van der Waals surface area contributed by atoms with Crippen LogP contribution in [-0.2, 0) is 17.1 Å². The van der Waals surface area contributed by atoms with Crippen molar-refractivity contribution < 1.29 is 29.5 Å². The van der Waals surface area contributed by atoms with E-state index in [1.807, 2.05) is 62.4 Å². The Bertz CT molecular complexity index is 920. The molecule has 2 aromatic carbocycles. The van der Waals surface area contributed by atoms with Crippen LogP contribution in [0.2, 0.25) is 0 Å². The van der Waals surface area contributed by atoms with Crippen LogP contribution in [0, 0.1) is 19.9 Å². The molecule has 3 aromatic rings. The summed E-state index contributed by atoms with van der Waals surface area (Å²) in [5.41, 5.74) is 7.49. The Balaban J connectivity index is 0.00000196. The summed E-state index contributed by atoms with van der Waals surface area (Å²) >= 11 is 0. The Morgan fingerprint density at radius 3 is 1.82 bits per heavy atom. The second kappa shape index (κ2) is 10.9. The topological polar surface area (TPSA) is 37.6 Å². The minimum atomic E-state index is 0. The molecular weight excluding hydrogens is 410 g/mol. The Labute approximate surface area is 183 Å². The van der Waals surface area contributed by atoms with Gasteiger partial charge in [0.25, 0.3) is 0 Å². The molecule has 0 amide bonds. The molecule has 0 spiro atoms. The van der Waals surface area contributed by atoms with Crippen molar-refractivity contribution in [2.75, 3.05) is 0 Å². The van der Waals surface area contributed by atoms with Gasteiger partial charge in [0.2, 0.25) is 0 Å². The number of halogens is 1. The molecule has 0 aliphatic rings. The maximum absolute atomic E-state index is 4.73. The molecular formula is C23H22ClFeN3.